The highest BCUT2D eigenvalue weighted by Crippen LogP contribution is 2.68. The van der Waals surface area contributed by atoms with E-state index < -0.39 is 0 Å². The molecule has 1 amide bonds. The number of carbonyl (C=O) groups is 1. The molecular formula is C25H35ClN2O. The molecule has 29 heavy (non-hydrogen) atoms. The number of amides is 1. The molecular weight excluding hydrogens is 380 g/mol. The molecule has 0 heterocycles. The van der Waals surface area contributed by atoms with Gasteiger partial charge in [-0.15, -0.1) is 11.6 Å². The van der Waals surface area contributed by atoms with Gasteiger partial charge in [0.2, 0.25) is 5.91 Å². The van der Waals surface area contributed by atoms with Crippen molar-refractivity contribution in [1.82, 2.24) is 5.32 Å². The molecule has 5 fully saturated rings. The lowest BCUT2D eigenvalue weighted by atomic mass is 9.39. The van der Waals surface area contributed by atoms with E-state index in [1.807, 2.05) is 0 Å². The molecule has 5 saturated carbocycles. The quantitative estimate of drug-likeness (QED) is 0.682. The van der Waals surface area contributed by atoms with Gasteiger partial charge in [-0.1, -0.05) is 30.3 Å². The van der Waals surface area contributed by atoms with E-state index in [1.165, 1.54) is 18.4 Å². The van der Waals surface area contributed by atoms with Crippen LogP contribution in [0.3, 0.4) is 0 Å². The van der Waals surface area contributed by atoms with Crippen LogP contribution in [0.4, 0.5) is 0 Å². The van der Waals surface area contributed by atoms with Gasteiger partial charge in [0.1, 0.15) is 0 Å². The molecule has 4 heteroatoms. The first-order valence-corrected chi connectivity index (χ1v) is 12.3. The van der Waals surface area contributed by atoms with Crippen molar-refractivity contribution in [1.29, 1.82) is 0 Å². The number of carbonyl (C=O) groups excluding carboxylic acids is 1. The summed E-state index contributed by atoms with van der Waals surface area (Å²) in [6.07, 6.45) is 10.9. The molecule has 3 nitrogen and oxygen atoms in total. The Kier molecular flexibility index (Phi) is 5.19. The van der Waals surface area contributed by atoms with Gasteiger partial charge < -0.3 is 11.1 Å². The molecule has 6 rings (SSSR count). The van der Waals surface area contributed by atoms with Crippen molar-refractivity contribution < 1.29 is 4.79 Å². The van der Waals surface area contributed by atoms with Crippen LogP contribution in [0, 0.1) is 23.2 Å². The third kappa shape index (κ3) is 3.43. The van der Waals surface area contributed by atoms with E-state index in [2.05, 4.69) is 35.6 Å². The smallest absolute Gasteiger partial charge is 0.226 e. The molecule has 3 N–H and O–H groups in total. The van der Waals surface area contributed by atoms with E-state index in [-0.39, 0.29) is 10.8 Å². The monoisotopic (exact) mass is 414 g/mol. The Morgan fingerprint density at radius 2 is 1.69 bits per heavy atom. The Balaban J connectivity index is 1.42. The number of nitrogens with one attached hydrogen (secondary N) is 1. The van der Waals surface area contributed by atoms with Gasteiger partial charge in [-0.3, -0.25) is 4.79 Å². The molecule has 0 spiro atoms. The minimum absolute atomic E-state index is 0.177. The number of nitrogens with two attached hydrogens (primary N) is 1. The van der Waals surface area contributed by atoms with Crippen LogP contribution in [-0.2, 0) is 10.2 Å². The first-order chi connectivity index (χ1) is 14.0. The summed E-state index contributed by atoms with van der Waals surface area (Å²) in [7, 11) is 0. The molecule has 2 atom stereocenters. The molecule has 0 aromatic heterocycles. The zero-order valence-electron chi connectivity index (χ0n) is 17.4. The third-order valence-corrected chi connectivity index (χ3v) is 9.14. The van der Waals surface area contributed by atoms with E-state index in [9.17, 15) is 4.79 Å². The van der Waals surface area contributed by atoms with E-state index in [4.69, 9.17) is 17.3 Å². The second kappa shape index (κ2) is 7.57. The second-order valence-electron chi connectivity index (χ2n) is 10.7. The Bertz CT molecular complexity index is 726. The van der Waals surface area contributed by atoms with Crippen LogP contribution >= 0.6 is 11.6 Å². The number of rotatable bonds is 5. The normalized spacial score (nSPS) is 43.3. The Labute approximate surface area is 180 Å². The standard InChI is InChI=1S/C25H35ClN2O/c26-11-10-22-17-12-24(19-4-2-1-3-5-19)13-18(22)15-25(14-17,16-24)23(29)28-21-8-6-20(27)7-9-21/h1-5,17-18,20-22H,6-16,27H2,(H,28,29)/t17?,18?,20-,21-,22?,24?,25?. The van der Waals surface area contributed by atoms with E-state index >= 15 is 0 Å². The maximum Gasteiger partial charge on any atom is 0.226 e. The van der Waals surface area contributed by atoms with Crippen LogP contribution in [-0.4, -0.2) is 23.9 Å². The largest absolute Gasteiger partial charge is 0.353 e. The summed E-state index contributed by atoms with van der Waals surface area (Å²) in [5.74, 6) is 3.08. The number of alkyl halides is 1. The minimum atomic E-state index is -0.177. The van der Waals surface area contributed by atoms with Crippen LogP contribution in [0.25, 0.3) is 0 Å². The Morgan fingerprint density at radius 1 is 1.03 bits per heavy atom. The number of benzene rings is 1. The maximum atomic E-state index is 13.7. The minimum Gasteiger partial charge on any atom is -0.353 e. The average Bonchev–Trinajstić information content (AvgIpc) is 2.72. The van der Waals surface area contributed by atoms with Crippen molar-refractivity contribution in [3.8, 4) is 0 Å². The van der Waals surface area contributed by atoms with Crippen LogP contribution in [0.2, 0.25) is 0 Å². The van der Waals surface area contributed by atoms with Gasteiger partial charge in [0, 0.05) is 18.0 Å². The van der Waals surface area contributed by atoms with Crippen molar-refractivity contribution in [3.63, 3.8) is 0 Å². The van der Waals surface area contributed by atoms with Crippen molar-refractivity contribution in [2.75, 3.05) is 5.88 Å². The fourth-order valence-corrected chi connectivity index (χ4v) is 8.09. The lowest BCUT2D eigenvalue weighted by molar-refractivity contribution is -0.158. The van der Waals surface area contributed by atoms with Gasteiger partial charge in [-0.25, -0.2) is 0 Å². The van der Waals surface area contributed by atoms with Gasteiger partial charge in [-0.05, 0) is 92.9 Å². The highest BCUT2D eigenvalue weighted by atomic mass is 35.5. The summed E-state index contributed by atoms with van der Waals surface area (Å²) in [4.78, 5) is 13.7. The highest BCUT2D eigenvalue weighted by Gasteiger charge is 2.63. The molecule has 0 aliphatic heterocycles. The average molecular weight is 415 g/mol. The molecule has 4 bridgehead atoms. The first kappa shape index (κ1) is 19.9. The third-order valence-electron chi connectivity index (χ3n) is 8.92. The van der Waals surface area contributed by atoms with Crippen molar-refractivity contribution >= 4 is 17.5 Å². The van der Waals surface area contributed by atoms with Gasteiger partial charge in [-0.2, -0.15) is 0 Å². The van der Waals surface area contributed by atoms with Gasteiger partial charge in [0.15, 0.2) is 0 Å². The van der Waals surface area contributed by atoms with E-state index in [0.717, 1.165) is 57.2 Å². The van der Waals surface area contributed by atoms with Crippen molar-refractivity contribution in [3.05, 3.63) is 35.9 Å². The first-order valence-electron chi connectivity index (χ1n) is 11.7. The fraction of sp³-hybridized carbons (Fsp3) is 0.720. The van der Waals surface area contributed by atoms with Crippen LogP contribution < -0.4 is 11.1 Å². The molecule has 0 radical (unpaired) electrons. The summed E-state index contributed by atoms with van der Waals surface area (Å²) in [6, 6.07) is 11.7. The number of hydrogen-bond acceptors (Lipinski definition) is 2. The summed E-state index contributed by atoms with van der Waals surface area (Å²) in [5, 5.41) is 3.49. The Morgan fingerprint density at radius 3 is 2.31 bits per heavy atom. The highest BCUT2D eigenvalue weighted by molar-refractivity contribution is 6.17. The molecule has 1 aromatic carbocycles. The van der Waals surface area contributed by atoms with Crippen LogP contribution in [0.1, 0.15) is 69.8 Å². The topological polar surface area (TPSA) is 55.1 Å². The van der Waals surface area contributed by atoms with E-state index in [0.29, 0.717) is 35.7 Å². The van der Waals surface area contributed by atoms with Crippen molar-refractivity contribution in [2.45, 2.75) is 81.7 Å². The maximum absolute atomic E-state index is 13.7. The molecule has 5 aliphatic carbocycles. The number of hydrogen-bond donors (Lipinski definition) is 2. The summed E-state index contributed by atoms with van der Waals surface area (Å²) >= 11 is 6.19. The van der Waals surface area contributed by atoms with Gasteiger partial charge in [0.25, 0.3) is 0 Å². The second-order valence-corrected chi connectivity index (χ2v) is 11.0. The molecule has 158 valence electrons. The fourth-order valence-electron chi connectivity index (χ4n) is 7.84. The Hall–Kier alpha value is -1.06. The summed E-state index contributed by atoms with van der Waals surface area (Å²) < 4.78 is 0. The molecule has 5 aliphatic rings. The number of halogens is 1. The summed E-state index contributed by atoms with van der Waals surface area (Å²) in [6.45, 7) is 0. The van der Waals surface area contributed by atoms with Crippen LogP contribution in [0.15, 0.2) is 30.3 Å². The molecule has 0 saturated heterocycles. The zero-order chi connectivity index (χ0) is 20.1. The van der Waals surface area contributed by atoms with Crippen molar-refractivity contribution in [2.24, 2.45) is 28.9 Å². The molecule has 1 aromatic rings. The zero-order valence-corrected chi connectivity index (χ0v) is 18.2. The van der Waals surface area contributed by atoms with Crippen LogP contribution in [0.5, 0.6) is 0 Å². The summed E-state index contributed by atoms with van der Waals surface area (Å²) in [5.41, 5.74) is 7.54. The van der Waals surface area contributed by atoms with Gasteiger partial charge >= 0.3 is 0 Å². The van der Waals surface area contributed by atoms with E-state index in [1.54, 1.807) is 0 Å². The lowest BCUT2D eigenvalue weighted by Gasteiger charge is -2.64. The van der Waals surface area contributed by atoms with Gasteiger partial charge in [0.05, 0.1) is 5.41 Å². The molecule has 2 unspecified atom stereocenters. The predicted octanol–water partition coefficient (Wildman–Crippen LogP) is 4.77. The lowest BCUT2D eigenvalue weighted by Crippen LogP contribution is -2.62. The SMILES string of the molecule is N[C@H]1CC[C@H](NC(=O)C23CC4CC(c5ccccc5)(CC(C2)C4CCCl)C3)CC1. The predicted molar refractivity (Wildman–Crippen MR) is 118 cm³/mol.